The van der Waals surface area contributed by atoms with Gasteiger partial charge < -0.3 is 18.3 Å². The fourth-order valence-electron chi connectivity index (χ4n) is 10.1. The molecule has 1 unspecified atom stereocenters. The fourth-order valence-corrected chi connectivity index (χ4v) is 10.1. The Labute approximate surface area is 499 Å². The third-order valence-corrected chi connectivity index (χ3v) is 13.9. The smallest absolute Gasteiger partial charge is 0.115 e. The number of aromatic nitrogens is 5. The fraction of sp³-hybridized carbons (Fsp3) is 0.0135. The van der Waals surface area contributed by atoms with E-state index in [-0.39, 0.29) is 20.1 Å². The molecule has 0 fully saturated rings. The molecule has 8 heteroatoms. The van der Waals surface area contributed by atoms with Crippen molar-refractivity contribution in [3.63, 3.8) is 0 Å². The zero-order chi connectivity index (χ0) is 55.9. The van der Waals surface area contributed by atoms with Crippen LogP contribution in [0.1, 0.15) is 11.1 Å². The third-order valence-electron chi connectivity index (χ3n) is 13.9. The molecule has 3 radical (unpaired) electrons. The topological polar surface area (TPSA) is 30.5 Å². The van der Waals surface area contributed by atoms with E-state index in [1.807, 2.05) is 143 Å². The predicted octanol–water partition coefficient (Wildman–Crippen LogP) is 17.0. The second kappa shape index (κ2) is 27.7. The van der Waals surface area contributed by atoms with Crippen LogP contribution in [0.5, 0.6) is 0 Å². The molecule has 1 atom stereocenters. The van der Waals surface area contributed by atoms with Crippen molar-refractivity contribution >= 4 is 60.7 Å². The molecule has 5 nitrogen and oxygen atoms in total. The Morgan fingerprint density at radius 1 is 0.415 bits per heavy atom. The molecule has 82 heavy (non-hydrogen) atoms. The van der Waals surface area contributed by atoms with E-state index in [9.17, 15) is 0 Å². The molecule has 5 heterocycles. The van der Waals surface area contributed by atoms with E-state index in [1.54, 1.807) is 6.20 Å². The van der Waals surface area contributed by atoms with Gasteiger partial charge in [0.15, 0.2) is 0 Å². The summed E-state index contributed by atoms with van der Waals surface area (Å²) < 4.78 is 8.41. The van der Waals surface area contributed by atoms with Crippen LogP contribution >= 0.6 is 9.24 Å². The first kappa shape index (κ1) is 57.3. The molecule has 0 bridgehead atoms. The molecular weight excluding hydrogens is 1190 g/mol. The predicted molar refractivity (Wildman–Crippen MR) is 344 cm³/mol. The van der Waals surface area contributed by atoms with E-state index in [1.165, 1.54) is 66.1 Å². The minimum Gasteiger partial charge on any atom is -0.343 e. The van der Waals surface area contributed by atoms with Gasteiger partial charge in [-0.3, -0.25) is 4.98 Å². The van der Waals surface area contributed by atoms with E-state index in [0.717, 1.165) is 44.9 Å². The van der Waals surface area contributed by atoms with Gasteiger partial charge in [0.25, 0.3) is 0 Å². The van der Waals surface area contributed by atoms with Gasteiger partial charge in [-0.1, -0.05) is 157 Å². The van der Waals surface area contributed by atoms with E-state index in [4.69, 9.17) is 7.85 Å². The maximum absolute atomic E-state index is 4.81. The van der Waals surface area contributed by atoms with Crippen LogP contribution < -0.4 is 9.13 Å². The van der Waals surface area contributed by atoms with E-state index < -0.39 is 0 Å². The monoisotopic (exact) mass is 1250 g/mol. The van der Waals surface area contributed by atoms with Crippen LogP contribution in [0.2, 0.25) is 0 Å². The Bertz CT molecular complexity index is 3940. The Morgan fingerprint density at radius 3 is 1.20 bits per heavy atom. The van der Waals surface area contributed by atoms with Gasteiger partial charge in [-0.15, -0.1) is 75.0 Å². The normalized spacial score (nSPS) is 10.5. The summed E-state index contributed by atoms with van der Waals surface area (Å²) in [5.74, 6) is 0. The summed E-state index contributed by atoms with van der Waals surface area (Å²) in [6, 6.07) is 98.1. The van der Waals surface area contributed by atoms with Crippen molar-refractivity contribution in [2.75, 3.05) is 6.06 Å². The van der Waals surface area contributed by atoms with Crippen molar-refractivity contribution in [2.45, 2.75) is 0 Å². The van der Waals surface area contributed by atoms with Crippen molar-refractivity contribution in [3.8, 4) is 56.3 Å². The van der Waals surface area contributed by atoms with Crippen molar-refractivity contribution in [3.05, 3.63) is 337 Å². The zero-order valence-electron chi connectivity index (χ0n) is 45.5. The molecule has 0 aliphatic carbocycles. The van der Waals surface area contributed by atoms with Crippen LogP contribution in [-0.2, 0) is 20.1 Å². The maximum Gasteiger partial charge on any atom is 0.115 e. The molecule has 0 saturated heterocycles. The molecule has 0 aliphatic heterocycles. The first-order valence-corrected chi connectivity index (χ1v) is 27.6. The summed E-state index contributed by atoms with van der Waals surface area (Å²) in [4.78, 5) is 4.27. The Kier molecular flexibility index (Phi) is 19.4. The van der Waals surface area contributed by atoms with Crippen LogP contribution in [0.25, 0.3) is 99.9 Å². The molecule has 0 amide bonds. The second-order valence-corrected chi connectivity index (χ2v) is 19.5. The van der Waals surface area contributed by atoms with Gasteiger partial charge in [-0.2, -0.15) is 37.1 Å². The molecule has 401 valence electrons. The van der Waals surface area contributed by atoms with Gasteiger partial charge in [0.1, 0.15) is 5.69 Å². The second-order valence-electron chi connectivity index (χ2n) is 19.0. The van der Waals surface area contributed by atoms with Crippen LogP contribution in [0.15, 0.2) is 292 Å². The van der Waals surface area contributed by atoms with E-state index in [0.29, 0.717) is 6.06 Å². The number of rotatable bonds is 6. The van der Waals surface area contributed by atoms with E-state index in [2.05, 4.69) is 209 Å². The molecule has 0 saturated carbocycles. The Hall–Kier alpha value is -9.35. The molecule has 0 N–H and O–H groups in total. The standard InChI is InChI=1S/C36H24N2.C13H12N.2C12H10N.CH4BP.Ir/c1-5-13-33-29(9-1)30-10-2-6-14-34(30)37(33)27-21-17-25(18-22-27)26-19-23-28(24-20-26)38-35-15-7-3-11-31(35)32-12-4-8-16-36(32)38;1-11-7-3-4-8-12(11)13-9-5-6-10-14(13)2;1-10-6-2-3-7-11(10)12-8-4-5-9-13-12;1-13-10-6-5-9-12(13)11-7-3-2-4-8-11;2-1-3;/h1-24H;3-10H,1-2H2;2-9H,1H2;2-7,9-10H,1H2;1,3H2;/q;3*-1;;. The van der Waals surface area contributed by atoms with E-state index >= 15 is 0 Å². The quantitative estimate of drug-likeness (QED) is 0.0706. The van der Waals surface area contributed by atoms with Gasteiger partial charge >= 0.3 is 0 Å². The maximum atomic E-state index is 4.81. The minimum atomic E-state index is 0. The van der Waals surface area contributed by atoms with Crippen molar-refractivity contribution in [2.24, 2.45) is 0 Å². The Balaban J connectivity index is 0.000000151. The van der Waals surface area contributed by atoms with Crippen molar-refractivity contribution < 1.29 is 29.2 Å². The summed E-state index contributed by atoms with van der Waals surface area (Å²) in [7, 11) is 15.0. The van der Waals surface area contributed by atoms with Gasteiger partial charge in [0, 0.05) is 79.0 Å². The van der Waals surface area contributed by atoms with Gasteiger partial charge in [0.2, 0.25) is 0 Å². The number of para-hydroxylation sites is 4. The van der Waals surface area contributed by atoms with Gasteiger partial charge in [0.05, 0.1) is 48.0 Å². The average molecular weight is 1250 g/mol. The molecule has 14 aromatic rings. The first-order chi connectivity index (χ1) is 39.8. The van der Waals surface area contributed by atoms with Gasteiger partial charge in [-0.25, -0.2) is 0 Å². The summed E-state index contributed by atoms with van der Waals surface area (Å²) in [5, 5.41) is 5.14. The summed E-state index contributed by atoms with van der Waals surface area (Å²) in [6.07, 6.45) is 5.65. The number of pyridine rings is 3. The number of benzene rings is 9. The van der Waals surface area contributed by atoms with Crippen LogP contribution in [0.4, 0.5) is 0 Å². The SMILES string of the molecule is [B]CP.[CH2-][n+]1ccccc1-c1[c-]cccc1.[CH2-]c1ccccc1-c1cccc[n+]1[CH2-].[CH2-]c1ccccc1-c1ccccn1.[Ir].c1ccc2c(c1)c1ccccc1n2-c1ccc(-c2ccc(-n3c4ccccc4c4ccccc43)cc2)cc1. The largest absolute Gasteiger partial charge is 0.343 e. The summed E-state index contributed by atoms with van der Waals surface area (Å²) >= 11 is 0. The molecule has 0 spiro atoms. The molecule has 14 rings (SSSR count). The molecule has 0 aliphatic rings. The molecular formula is C74H60BIrN5P-3. The zero-order valence-corrected chi connectivity index (χ0v) is 49.0. The number of hydrogen-bond donors (Lipinski definition) is 0. The van der Waals surface area contributed by atoms with Crippen LogP contribution in [-0.4, -0.2) is 28.0 Å². The molecule has 9 aromatic carbocycles. The number of hydrogen-bond acceptors (Lipinski definition) is 1. The van der Waals surface area contributed by atoms with Gasteiger partial charge in [-0.05, 0) is 77.9 Å². The minimum absolute atomic E-state index is 0. The van der Waals surface area contributed by atoms with Crippen LogP contribution in [0.3, 0.4) is 0 Å². The number of nitrogens with zero attached hydrogens (tertiary/aromatic N) is 5. The average Bonchev–Trinajstić information content (AvgIpc) is 4.28. The third kappa shape index (κ3) is 13.0. The van der Waals surface area contributed by atoms with Crippen molar-refractivity contribution in [1.82, 2.24) is 14.1 Å². The summed E-state index contributed by atoms with van der Waals surface area (Å²) in [5.41, 5.74) is 18.2. The Morgan fingerprint density at radius 2 is 0.793 bits per heavy atom. The number of fused-ring (bicyclic) bond motifs is 6. The van der Waals surface area contributed by atoms with Crippen LogP contribution in [0, 0.1) is 34.0 Å². The molecule has 5 aromatic heterocycles. The first-order valence-electron chi connectivity index (χ1n) is 26.7. The summed E-state index contributed by atoms with van der Waals surface area (Å²) in [6.45, 7) is 7.95. The van der Waals surface area contributed by atoms with Crippen molar-refractivity contribution in [1.29, 1.82) is 0 Å².